The molecule has 0 saturated carbocycles. The topological polar surface area (TPSA) is 97.7 Å². The van der Waals surface area contributed by atoms with Gasteiger partial charge in [0.2, 0.25) is 0 Å². The highest BCUT2D eigenvalue weighted by Gasteiger charge is 2.31. The Hall–Kier alpha value is -3.57. The Bertz CT molecular complexity index is 1330. The van der Waals surface area contributed by atoms with Gasteiger partial charge in [-0.05, 0) is 48.2 Å². The van der Waals surface area contributed by atoms with Crippen molar-refractivity contribution in [1.82, 2.24) is 5.32 Å². The lowest BCUT2D eigenvalue weighted by Crippen LogP contribution is -2.19. The summed E-state index contributed by atoms with van der Waals surface area (Å²) in [4.78, 5) is 27.2. The number of alkyl halides is 3. The number of aliphatic imine (C=N–C) groups is 1. The fourth-order valence-electron chi connectivity index (χ4n) is 2.91. The maximum absolute atomic E-state index is 12.9. The van der Waals surface area contributed by atoms with Gasteiger partial charge in [-0.3, -0.25) is 14.9 Å². The van der Waals surface area contributed by atoms with E-state index >= 15 is 0 Å². The lowest BCUT2D eigenvalue weighted by Gasteiger charge is -2.08. The molecule has 0 aliphatic carbocycles. The molecule has 0 radical (unpaired) electrons. The second kappa shape index (κ2) is 8.75. The van der Waals surface area contributed by atoms with Crippen LogP contribution < -0.4 is 5.32 Å². The highest BCUT2D eigenvalue weighted by Crippen LogP contribution is 2.37. The van der Waals surface area contributed by atoms with E-state index in [0.29, 0.717) is 0 Å². The molecule has 3 aromatic rings. The Balaban J connectivity index is 1.59. The minimum atomic E-state index is -4.57. The van der Waals surface area contributed by atoms with Gasteiger partial charge in [0.1, 0.15) is 11.5 Å². The molecule has 33 heavy (non-hydrogen) atoms. The Kier molecular flexibility index (Phi) is 6.00. The molecule has 0 atom stereocenters. The third kappa shape index (κ3) is 4.94. The molecule has 12 heteroatoms. The second-order valence-electron chi connectivity index (χ2n) is 6.62. The molecular formula is C21H11ClF3N3O4S. The van der Waals surface area contributed by atoms with Crippen molar-refractivity contribution in [3.05, 3.63) is 86.0 Å². The predicted molar refractivity (Wildman–Crippen MR) is 118 cm³/mol. The number of amidine groups is 1. The van der Waals surface area contributed by atoms with Crippen LogP contribution in [0.5, 0.6) is 0 Å². The minimum absolute atomic E-state index is 0.0112. The number of nitrogens with zero attached hydrogens (tertiary/aromatic N) is 2. The first-order valence-corrected chi connectivity index (χ1v) is 10.3. The molecule has 168 valence electrons. The predicted octanol–water partition coefficient (Wildman–Crippen LogP) is 6.42. The van der Waals surface area contributed by atoms with E-state index in [2.05, 4.69) is 10.3 Å². The first-order chi connectivity index (χ1) is 15.6. The van der Waals surface area contributed by atoms with E-state index in [9.17, 15) is 28.1 Å². The number of nitrogens with one attached hydrogen (secondary N) is 1. The van der Waals surface area contributed by atoms with Crippen LogP contribution in [0.3, 0.4) is 0 Å². The smallest absolute Gasteiger partial charge is 0.416 e. The summed E-state index contributed by atoms with van der Waals surface area (Å²) >= 11 is 6.84. The molecule has 1 aliphatic rings. The molecule has 1 aromatic heterocycles. The summed E-state index contributed by atoms with van der Waals surface area (Å²) in [5.41, 5.74) is -0.926. The van der Waals surface area contributed by atoms with Gasteiger partial charge in [0, 0.05) is 12.1 Å². The maximum Gasteiger partial charge on any atom is 0.416 e. The standard InChI is InChI=1S/C21H11ClF3N3O4S/c22-14-7-5-11(21(23,24)25)9-15(14)26-20-27-19(29)18(33-20)10-12-6-8-17(32-12)13-3-1-2-4-16(13)28(30)31/h1-10H,(H,26,27,29)/b18-10+. The van der Waals surface area contributed by atoms with Gasteiger partial charge < -0.3 is 9.73 Å². The number of nitro groups is 1. The number of amides is 1. The number of carbonyl (C=O) groups is 1. The Morgan fingerprint density at radius 2 is 1.91 bits per heavy atom. The molecule has 1 fully saturated rings. The van der Waals surface area contributed by atoms with Crippen molar-refractivity contribution in [2.24, 2.45) is 4.99 Å². The average Bonchev–Trinajstić information content (AvgIpc) is 3.35. The second-order valence-corrected chi connectivity index (χ2v) is 8.06. The van der Waals surface area contributed by atoms with Crippen LogP contribution in [0, 0.1) is 10.1 Å². The van der Waals surface area contributed by atoms with Crippen LogP contribution in [0.1, 0.15) is 11.3 Å². The Morgan fingerprint density at radius 1 is 1.15 bits per heavy atom. The van der Waals surface area contributed by atoms with Gasteiger partial charge in [0.15, 0.2) is 5.17 Å². The number of rotatable bonds is 4. The molecule has 0 spiro atoms. The summed E-state index contributed by atoms with van der Waals surface area (Å²) in [7, 11) is 0. The average molecular weight is 494 g/mol. The van der Waals surface area contributed by atoms with Crippen LogP contribution in [0.15, 0.2) is 68.9 Å². The molecular weight excluding hydrogens is 483 g/mol. The number of carbonyl (C=O) groups excluding carboxylic acids is 1. The summed E-state index contributed by atoms with van der Waals surface area (Å²) in [5, 5.41) is 13.7. The first kappa shape index (κ1) is 22.6. The third-order valence-corrected chi connectivity index (χ3v) is 5.64. The molecule has 0 unspecified atom stereocenters. The normalized spacial score (nSPS) is 16.4. The van der Waals surface area contributed by atoms with Gasteiger partial charge in [0.05, 0.1) is 31.7 Å². The van der Waals surface area contributed by atoms with Crippen molar-refractivity contribution in [3.63, 3.8) is 0 Å². The highest BCUT2D eigenvalue weighted by atomic mass is 35.5. The fourth-order valence-corrected chi connectivity index (χ4v) is 3.88. The van der Waals surface area contributed by atoms with Gasteiger partial charge in [-0.2, -0.15) is 13.2 Å². The third-order valence-electron chi connectivity index (χ3n) is 4.41. The van der Waals surface area contributed by atoms with E-state index in [1.165, 1.54) is 36.4 Å². The van der Waals surface area contributed by atoms with Gasteiger partial charge in [-0.15, -0.1) is 0 Å². The van der Waals surface area contributed by atoms with Crippen LogP contribution in [0.25, 0.3) is 17.4 Å². The molecule has 1 amide bonds. The van der Waals surface area contributed by atoms with Crippen molar-refractivity contribution in [1.29, 1.82) is 0 Å². The zero-order valence-corrected chi connectivity index (χ0v) is 17.8. The number of para-hydroxylation sites is 1. The minimum Gasteiger partial charge on any atom is -0.456 e. The van der Waals surface area contributed by atoms with Crippen molar-refractivity contribution in [3.8, 4) is 11.3 Å². The van der Waals surface area contributed by atoms with Crippen LogP contribution in [0.2, 0.25) is 5.02 Å². The van der Waals surface area contributed by atoms with Gasteiger partial charge >= 0.3 is 6.18 Å². The van der Waals surface area contributed by atoms with Gasteiger partial charge in [0.25, 0.3) is 11.6 Å². The lowest BCUT2D eigenvalue weighted by molar-refractivity contribution is -0.384. The SMILES string of the molecule is O=C1NC(=Nc2cc(C(F)(F)F)ccc2Cl)S/C1=C/c1ccc(-c2ccccc2[N+](=O)[O-])o1. The first-order valence-electron chi connectivity index (χ1n) is 9.12. The molecule has 2 heterocycles. The number of thioether (sulfide) groups is 1. The molecule has 7 nitrogen and oxygen atoms in total. The summed E-state index contributed by atoms with van der Waals surface area (Å²) in [6, 6.07) is 11.8. The van der Waals surface area contributed by atoms with Crippen LogP contribution in [-0.2, 0) is 11.0 Å². The van der Waals surface area contributed by atoms with E-state index in [-0.39, 0.29) is 43.6 Å². The summed E-state index contributed by atoms with van der Waals surface area (Å²) < 4.78 is 44.5. The number of benzene rings is 2. The monoisotopic (exact) mass is 493 g/mol. The maximum atomic E-state index is 12.9. The van der Waals surface area contributed by atoms with Crippen LogP contribution in [-0.4, -0.2) is 16.0 Å². The lowest BCUT2D eigenvalue weighted by atomic mass is 10.1. The molecule has 2 aromatic carbocycles. The van der Waals surface area contributed by atoms with Crippen molar-refractivity contribution in [2.45, 2.75) is 6.18 Å². The number of hydrogen-bond donors (Lipinski definition) is 1. The largest absolute Gasteiger partial charge is 0.456 e. The summed E-state index contributed by atoms with van der Waals surface area (Å²) in [6.07, 6.45) is -3.17. The Morgan fingerprint density at radius 3 is 2.64 bits per heavy atom. The Labute approximate surface area is 193 Å². The molecule has 1 aliphatic heterocycles. The number of halogens is 4. The van der Waals surface area contributed by atoms with Crippen molar-refractivity contribution >= 4 is 51.9 Å². The number of nitro benzene ring substituents is 1. The van der Waals surface area contributed by atoms with E-state index in [4.69, 9.17) is 16.0 Å². The van der Waals surface area contributed by atoms with E-state index in [1.807, 2.05) is 0 Å². The molecule has 4 rings (SSSR count). The molecule has 0 bridgehead atoms. The quantitative estimate of drug-likeness (QED) is 0.257. The number of furan rings is 1. The fraction of sp³-hybridized carbons (Fsp3) is 0.0476. The van der Waals surface area contributed by atoms with E-state index in [0.717, 1.165) is 30.0 Å². The van der Waals surface area contributed by atoms with E-state index in [1.54, 1.807) is 6.07 Å². The zero-order chi connectivity index (χ0) is 23.8. The van der Waals surface area contributed by atoms with Crippen LogP contribution in [0.4, 0.5) is 24.5 Å². The molecule has 1 N–H and O–H groups in total. The number of hydrogen-bond acceptors (Lipinski definition) is 6. The summed E-state index contributed by atoms with van der Waals surface area (Å²) in [5.74, 6) is -0.0492. The van der Waals surface area contributed by atoms with Crippen molar-refractivity contribution in [2.75, 3.05) is 0 Å². The van der Waals surface area contributed by atoms with Crippen LogP contribution >= 0.6 is 23.4 Å². The van der Waals surface area contributed by atoms with Gasteiger partial charge in [-0.25, -0.2) is 4.99 Å². The van der Waals surface area contributed by atoms with Crippen molar-refractivity contribution < 1.29 is 27.3 Å². The zero-order valence-electron chi connectivity index (χ0n) is 16.2. The summed E-state index contributed by atoms with van der Waals surface area (Å²) in [6.45, 7) is 0. The molecule has 1 saturated heterocycles. The highest BCUT2D eigenvalue weighted by molar-refractivity contribution is 8.18. The van der Waals surface area contributed by atoms with E-state index < -0.39 is 22.6 Å². The van der Waals surface area contributed by atoms with Gasteiger partial charge in [-0.1, -0.05) is 23.7 Å².